The van der Waals surface area contributed by atoms with E-state index in [1.165, 1.54) is 12.8 Å². The third kappa shape index (κ3) is 2.59. The number of imidazole rings is 1. The van der Waals surface area contributed by atoms with Gasteiger partial charge in [-0.1, -0.05) is 5.16 Å². The molecule has 1 saturated heterocycles. The van der Waals surface area contributed by atoms with Gasteiger partial charge in [-0.3, -0.25) is 0 Å². The van der Waals surface area contributed by atoms with Gasteiger partial charge in [-0.2, -0.15) is 4.98 Å². The first-order chi connectivity index (χ1) is 8.92. The lowest BCUT2D eigenvalue weighted by Crippen LogP contribution is -2.29. The van der Waals surface area contributed by atoms with E-state index >= 15 is 0 Å². The van der Waals surface area contributed by atoms with Crippen molar-refractivity contribution >= 4 is 0 Å². The summed E-state index contributed by atoms with van der Waals surface area (Å²) in [6.45, 7) is 2.26. The van der Waals surface area contributed by atoms with Crippen molar-refractivity contribution in [3.05, 3.63) is 18.3 Å². The Labute approximate surface area is 105 Å². The average molecular weight is 247 g/mol. The number of H-pyrrole nitrogens is 1. The molecule has 1 atom stereocenters. The fourth-order valence-corrected chi connectivity index (χ4v) is 2.34. The molecule has 1 aliphatic heterocycles. The maximum absolute atomic E-state index is 5.24. The van der Waals surface area contributed by atoms with Crippen molar-refractivity contribution in [2.75, 3.05) is 13.1 Å². The molecular formula is C12H17N5O. The zero-order chi connectivity index (χ0) is 12.2. The molecule has 0 amide bonds. The van der Waals surface area contributed by atoms with Gasteiger partial charge in [-0.15, -0.1) is 0 Å². The van der Waals surface area contributed by atoms with Crippen LogP contribution in [-0.4, -0.2) is 33.2 Å². The predicted molar refractivity (Wildman–Crippen MR) is 65.8 cm³/mol. The molecule has 6 nitrogen and oxygen atoms in total. The zero-order valence-corrected chi connectivity index (χ0v) is 10.2. The third-order valence-electron chi connectivity index (χ3n) is 3.34. The van der Waals surface area contributed by atoms with Crippen LogP contribution in [0.4, 0.5) is 0 Å². The largest absolute Gasteiger partial charge is 0.342 e. The van der Waals surface area contributed by atoms with Gasteiger partial charge in [0.1, 0.15) is 0 Å². The Hall–Kier alpha value is -1.69. The molecule has 3 heterocycles. The summed E-state index contributed by atoms with van der Waals surface area (Å²) in [4.78, 5) is 11.4. The van der Waals surface area contributed by atoms with Crippen LogP contribution in [0.25, 0.3) is 11.6 Å². The number of rotatable bonds is 4. The average Bonchev–Trinajstić information content (AvgIpc) is 3.08. The van der Waals surface area contributed by atoms with Crippen LogP contribution >= 0.6 is 0 Å². The molecule has 2 aromatic heterocycles. The fourth-order valence-electron chi connectivity index (χ4n) is 2.34. The SMILES string of the molecule is c1c[nH]c(-c2noc(CCC3CCCNC3)n2)n1. The summed E-state index contributed by atoms with van der Waals surface area (Å²) in [5.41, 5.74) is 0. The number of hydrogen-bond acceptors (Lipinski definition) is 5. The van der Waals surface area contributed by atoms with E-state index in [-0.39, 0.29) is 0 Å². The highest BCUT2D eigenvalue weighted by Crippen LogP contribution is 2.17. The Morgan fingerprint density at radius 1 is 1.44 bits per heavy atom. The summed E-state index contributed by atoms with van der Waals surface area (Å²) in [6, 6.07) is 0. The first-order valence-electron chi connectivity index (χ1n) is 6.45. The smallest absolute Gasteiger partial charge is 0.238 e. The lowest BCUT2D eigenvalue weighted by Gasteiger charge is -2.21. The molecule has 1 fully saturated rings. The Bertz CT molecular complexity index is 472. The van der Waals surface area contributed by atoms with Gasteiger partial charge in [-0.05, 0) is 38.3 Å². The number of nitrogens with zero attached hydrogens (tertiary/aromatic N) is 3. The van der Waals surface area contributed by atoms with Gasteiger partial charge in [0.2, 0.25) is 11.7 Å². The molecule has 1 aliphatic rings. The highest BCUT2D eigenvalue weighted by molar-refractivity contribution is 5.40. The van der Waals surface area contributed by atoms with E-state index in [9.17, 15) is 0 Å². The van der Waals surface area contributed by atoms with E-state index in [0.717, 1.165) is 31.8 Å². The number of nitrogens with one attached hydrogen (secondary N) is 2. The topological polar surface area (TPSA) is 79.6 Å². The first kappa shape index (κ1) is 11.4. The molecule has 0 radical (unpaired) electrons. The summed E-state index contributed by atoms with van der Waals surface area (Å²) in [5, 5.41) is 7.34. The number of aromatic amines is 1. The van der Waals surface area contributed by atoms with E-state index in [0.29, 0.717) is 17.5 Å². The van der Waals surface area contributed by atoms with Crippen molar-refractivity contribution in [2.24, 2.45) is 5.92 Å². The van der Waals surface area contributed by atoms with Crippen LogP contribution in [-0.2, 0) is 6.42 Å². The maximum Gasteiger partial charge on any atom is 0.238 e. The van der Waals surface area contributed by atoms with Crippen molar-refractivity contribution in [3.8, 4) is 11.6 Å². The Balaban J connectivity index is 1.57. The van der Waals surface area contributed by atoms with Crippen molar-refractivity contribution < 1.29 is 4.52 Å². The lowest BCUT2D eigenvalue weighted by atomic mass is 9.95. The molecule has 6 heteroatoms. The van der Waals surface area contributed by atoms with E-state index in [1.54, 1.807) is 12.4 Å². The number of piperidine rings is 1. The Morgan fingerprint density at radius 2 is 2.44 bits per heavy atom. The second-order valence-corrected chi connectivity index (χ2v) is 4.70. The van der Waals surface area contributed by atoms with Crippen molar-refractivity contribution in [3.63, 3.8) is 0 Å². The van der Waals surface area contributed by atoms with Gasteiger partial charge in [0, 0.05) is 18.8 Å². The van der Waals surface area contributed by atoms with E-state index in [1.807, 2.05) is 0 Å². The molecule has 0 aliphatic carbocycles. The summed E-state index contributed by atoms with van der Waals surface area (Å²) in [6.07, 6.45) is 7.95. The minimum atomic E-state index is 0.539. The molecule has 3 rings (SSSR count). The van der Waals surface area contributed by atoms with Gasteiger partial charge in [-0.25, -0.2) is 4.98 Å². The summed E-state index contributed by atoms with van der Waals surface area (Å²) >= 11 is 0. The van der Waals surface area contributed by atoms with Gasteiger partial charge >= 0.3 is 0 Å². The highest BCUT2D eigenvalue weighted by atomic mass is 16.5. The van der Waals surface area contributed by atoms with E-state index in [4.69, 9.17) is 4.52 Å². The summed E-state index contributed by atoms with van der Waals surface area (Å²) < 4.78 is 5.24. The lowest BCUT2D eigenvalue weighted by molar-refractivity contribution is 0.327. The minimum Gasteiger partial charge on any atom is -0.342 e. The second kappa shape index (κ2) is 5.30. The van der Waals surface area contributed by atoms with Crippen LogP contribution in [0.1, 0.15) is 25.2 Å². The summed E-state index contributed by atoms with van der Waals surface area (Å²) in [7, 11) is 0. The second-order valence-electron chi connectivity index (χ2n) is 4.70. The van der Waals surface area contributed by atoms with Gasteiger partial charge in [0.05, 0.1) is 0 Å². The predicted octanol–water partition coefficient (Wildman–Crippen LogP) is 1.39. The number of aromatic nitrogens is 4. The van der Waals surface area contributed by atoms with Crippen LogP contribution < -0.4 is 5.32 Å². The minimum absolute atomic E-state index is 0.539. The van der Waals surface area contributed by atoms with Crippen LogP contribution in [0, 0.1) is 5.92 Å². The van der Waals surface area contributed by atoms with Crippen LogP contribution in [0.2, 0.25) is 0 Å². The Morgan fingerprint density at radius 3 is 3.22 bits per heavy atom. The van der Waals surface area contributed by atoms with E-state index < -0.39 is 0 Å². The highest BCUT2D eigenvalue weighted by Gasteiger charge is 2.15. The van der Waals surface area contributed by atoms with Crippen molar-refractivity contribution in [1.29, 1.82) is 0 Å². The molecule has 18 heavy (non-hydrogen) atoms. The standard InChI is InChI=1S/C12H17N5O/c1-2-9(8-13-5-1)3-4-10-16-12(17-18-10)11-14-6-7-15-11/h6-7,9,13H,1-5,8H2,(H,14,15). The van der Waals surface area contributed by atoms with Crippen LogP contribution in [0.5, 0.6) is 0 Å². The van der Waals surface area contributed by atoms with Crippen LogP contribution in [0.15, 0.2) is 16.9 Å². The van der Waals surface area contributed by atoms with E-state index in [2.05, 4.69) is 25.4 Å². The monoisotopic (exact) mass is 247 g/mol. The van der Waals surface area contributed by atoms with Gasteiger partial charge in [0.25, 0.3) is 0 Å². The van der Waals surface area contributed by atoms with Crippen molar-refractivity contribution in [2.45, 2.75) is 25.7 Å². The molecule has 1 unspecified atom stereocenters. The molecule has 0 saturated carbocycles. The molecular weight excluding hydrogens is 230 g/mol. The summed E-state index contributed by atoms with van der Waals surface area (Å²) in [5.74, 6) is 2.63. The number of aryl methyl sites for hydroxylation is 1. The first-order valence-corrected chi connectivity index (χ1v) is 6.45. The molecule has 2 aromatic rings. The maximum atomic E-state index is 5.24. The van der Waals surface area contributed by atoms with Crippen molar-refractivity contribution in [1.82, 2.24) is 25.4 Å². The normalized spacial score (nSPS) is 20.1. The number of hydrogen-bond donors (Lipinski definition) is 2. The Kier molecular flexibility index (Phi) is 3.36. The molecule has 2 N–H and O–H groups in total. The molecule has 0 spiro atoms. The van der Waals surface area contributed by atoms with Gasteiger partial charge < -0.3 is 14.8 Å². The quantitative estimate of drug-likeness (QED) is 0.853. The molecule has 96 valence electrons. The van der Waals surface area contributed by atoms with Crippen LogP contribution in [0.3, 0.4) is 0 Å². The zero-order valence-electron chi connectivity index (χ0n) is 10.2. The third-order valence-corrected chi connectivity index (χ3v) is 3.34. The molecule has 0 aromatic carbocycles. The molecule has 0 bridgehead atoms. The fraction of sp³-hybridized carbons (Fsp3) is 0.583. The van der Waals surface area contributed by atoms with Gasteiger partial charge in [0.15, 0.2) is 5.82 Å².